The van der Waals surface area contributed by atoms with Crippen molar-refractivity contribution in [1.29, 1.82) is 0 Å². The van der Waals surface area contributed by atoms with Crippen molar-refractivity contribution in [2.45, 2.75) is 44.6 Å². The van der Waals surface area contributed by atoms with E-state index in [2.05, 4.69) is 17.0 Å². The summed E-state index contributed by atoms with van der Waals surface area (Å²) in [5, 5.41) is 0. The molecule has 1 aromatic rings. The third-order valence-corrected chi connectivity index (χ3v) is 5.95. The van der Waals surface area contributed by atoms with Gasteiger partial charge < -0.3 is 19.3 Å². The van der Waals surface area contributed by atoms with Crippen LogP contribution in [0.3, 0.4) is 0 Å². The molecule has 1 aromatic carbocycles. The molecule has 2 saturated heterocycles. The van der Waals surface area contributed by atoms with Crippen LogP contribution in [0.25, 0.3) is 0 Å². The molecule has 2 heterocycles. The van der Waals surface area contributed by atoms with Gasteiger partial charge in [0.25, 0.3) is 5.91 Å². The first-order valence-electron chi connectivity index (χ1n) is 10.4. The summed E-state index contributed by atoms with van der Waals surface area (Å²) in [4.78, 5) is 17.0. The first kappa shape index (κ1) is 20.2. The molecule has 1 amide bonds. The highest BCUT2D eigenvalue weighted by Gasteiger charge is 2.27. The molecule has 0 aromatic heterocycles. The summed E-state index contributed by atoms with van der Waals surface area (Å²) in [6.07, 6.45) is 6.30. The Morgan fingerprint density at radius 2 is 1.93 bits per heavy atom. The minimum atomic E-state index is -0.201. The molecule has 0 aliphatic carbocycles. The van der Waals surface area contributed by atoms with E-state index in [0.29, 0.717) is 5.92 Å². The van der Waals surface area contributed by atoms with Crippen LogP contribution >= 0.6 is 0 Å². The van der Waals surface area contributed by atoms with Gasteiger partial charge in [-0.25, -0.2) is 0 Å². The number of carbonyl (C=O) groups is 1. The zero-order valence-corrected chi connectivity index (χ0v) is 16.9. The minimum absolute atomic E-state index is 0.177. The maximum atomic E-state index is 12.5. The molecule has 3 rings (SSSR count). The summed E-state index contributed by atoms with van der Waals surface area (Å²) < 4.78 is 10.9. The predicted molar refractivity (Wildman–Crippen MR) is 107 cm³/mol. The fourth-order valence-electron chi connectivity index (χ4n) is 4.13. The van der Waals surface area contributed by atoms with Gasteiger partial charge in [-0.3, -0.25) is 4.79 Å². The molecule has 5 heteroatoms. The van der Waals surface area contributed by atoms with Gasteiger partial charge in [-0.15, -0.1) is 0 Å². The number of carbonyl (C=O) groups excluding carboxylic acids is 1. The lowest BCUT2D eigenvalue weighted by Gasteiger charge is -2.35. The summed E-state index contributed by atoms with van der Waals surface area (Å²) in [7, 11) is 3.64. The highest BCUT2D eigenvalue weighted by Crippen LogP contribution is 2.21. The lowest BCUT2D eigenvalue weighted by molar-refractivity contribution is -0.145. The summed E-state index contributed by atoms with van der Waals surface area (Å²) >= 11 is 0. The predicted octanol–water partition coefficient (Wildman–Crippen LogP) is 2.98. The number of methoxy groups -OCH3 is 1. The number of hydrogen-bond acceptors (Lipinski definition) is 4. The molecular weight excluding hydrogens is 340 g/mol. The molecule has 2 aliphatic heterocycles. The van der Waals surface area contributed by atoms with Crippen LogP contribution < -0.4 is 4.74 Å². The summed E-state index contributed by atoms with van der Waals surface area (Å²) in [6.45, 7) is 4.96. The fraction of sp³-hybridized carbons (Fsp3) is 0.682. The zero-order valence-electron chi connectivity index (χ0n) is 16.9. The van der Waals surface area contributed by atoms with E-state index in [1.54, 1.807) is 7.11 Å². The SMILES string of the molecule is COc1ccc(CCN2CCC(CN(C)C(=O)[C@H]3CCCCO3)CC2)cc1. The maximum absolute atomic E-state index is 12.5. The second-order valence-electron chi connectivity index (χ2n) is 7.96. The standard InChI is InChI=1S/C22H34N2O3/c1-23(22(25)21-5-3-4-16-27-21)17-19-11-14-24(15-12-19)13-10-18-6-8-20(26-2)9-7-18/h6-9,19,21H,3-5,10-17H2,1-2H3/t21-/m1/s1. The second-order valence-corrected chi connectivity index (χ2v) is 7.96. The molecule has 0 N–H and O–H groups in total. The molecule has 0 unspecified atom stereocenters. The Morgan fingerprint density at radius 3 is 2.56 bits per heavy atom. The van der Waals surface area contributed by atoms with Gasteiger partial charge >= 0.3 is 0 Å². The topological polar surface area (TPSA) is 42.0 Å². The van der Waals surface area contributed by atoms with Gasteiger partial charge in [0, 0.05) is 26.7 Å². The van der Waals surface area contributed by atoms with Gasteiger partial charge in [-0.2, -0.15) is 0 Å². The molecular formula is C22H34N2O3. The number of likely N-dealkylation sites (tertiary alicyclic amines) is 1. The zero-order chi connectivity index (χ0) is 19.1. The monoisotopic (exact) mass is 374 g/mol. The van der Waals surface area contributed by atoms with Crippen molar-refractivity contribution in [3.05, 3.63) is 29.8 Å². The third kappa shape index (κ3) is 5.94. The van der Waals surface area contributed by atoms with Crippen LogP contribution in [0.4, 0.5) is 0 Å². The van der Waals surface area contributed by atoms with Crippen LogP contribution in [0.1, 0.15) is 37.7 Å². The number of benzene rings is 1. The second kappa shape index (κ2) is 10.1. The molecule has 5 nitrogen and oxygen atoms in total. The fourth-order valence-corrected chi connectivity index (χ4v) is 4.13. The van der Waals surface area contributed by atoms with Crippen molar-refractivity contribution in [3.63, 3.8) is 0 Å². The van der Waals surface area contributed by atoms with E-state index < -0.39 is 0 Å². The molecule has 0 spiro atoms. The molecule has 0 radical (unpaired) electrons. The number of piperidine rings is 1. The molecule has 150 valence electrons. The van der Waals surface area contributed by atoms with Gasteiger partial charge in [0.15, 0.2) is 0 Å². The number of amides is 1. The van der Waals surface area contributed by atoms with Crippen LogP contribution in [-0.2, 0) is 16.0 Å². The van der Waals surface area contributed by atoms with Crippen molar-refractivity contribution in [1.82, 2.24) is 9.80 Å². The van der Waals surface area contributed by atoms with E-state index in [1.807, 2.05) is 24.1 Å². The minimum Gasteiger partial charge on any atom is -0.497 e. The highest BCUT2D eigenvalue weighted by atomic mass is 16.5. The van der Waals surface area contributed by atoms with Crippen molar-refractivity contribution < 1.29 is 14.3 Å². The summed E-state index contributed by atoms with van der Waals surface area (Å²) in [5.74, 6) is 1.70. The number of ether oxygens (including phenoxy) is 2. The lowest BCUT2D eigenvalue weighted by atomic mass is 9.95. The van der Waals surface area contributed by atoms with Crippen molar-refractivity contribution in [3.8, 4) is 5.75 Å². The van der Waals surface area contributed by atoms with Crippen LogP contribution in [0, 0.1) is 5.92 Å². The third-order valence-electron chi connectivity index (χ3n) is 5.95. The first-order valence-corrected chi connectivity index (χ1v) is 10.4. The van der Waals surface area contributed by atoms with Crippen LogP contribution in [0.5, 0.6) is 5.75 Å². The molecule has 0 saturated carbocycles. The van der Waals surface area contributed by atoms with E-state index in [4.69, 9.17) is 9.47 Å². The largest absolute Gasteiger partial charge is 0.497 e. The smallest absolute Gasteiger partial charge is 0.251 e. The average Bonchev–Trinajstić information content (AvgIpc) is 2.73. The molecule has 1 atom stereocenters. The van der Waals surface area contributed by atoms with E-state index in [-0.39, 0.29) is 12.0 Å². The molecule has 2 aliphatic rings. The Kier molecular flexibility index (Phi) is 7.53. The Bertz CT molecular complexity index is 576. The van der Waals surface area contributed by atoms with Gasteiger partial charge in [0.1, 0.15) is 11.9 Å². The highest BCUT2D eigenvalue weighted by molar-refractivity contribution is 5.80. The van der Waals surface area contributed by atoms with E-state index in [1.165, 1.54) is 18.4 Å². The van der Waals surface area contributed by atoms with Crippen molar-refractivity contribution in [2.75, 3.05) is 46.9 Å². The Balaban J connectivity index is 1.36. The van der Waals surface area contributed by atoms with E-state index in [0.717, 1.165) is 64.2 Å². The average molecular weight is 375 g/mol. The van der Waals surface area contributed by atoms with Crippen LogP contribution in [-0.4, -0.2) is 68.8 Å². The number of nitrogens with zero attached hydrogens (tertiary/aromatic N) is 2. The Morgan fingerprint density at radius 1 is 1.19 bits per heavy atom. The van der Waals surface area contributed by atoms with E-state index in [9.17, 15) is 4.79 Å². The Hall–Kier alpha value is -1.59. The number of likely N-dealkylation sites (N-methyl/N-ethyl adjacent to an activating group) is 1. The van der Waals surface area contributed by atoms with Gasteiger partial charge in [-0.05, 0) is 75.2 Å². The van der Waals surface area contributed by atoms with Gasteiger partial charge in [0.05, 0.1) is 7.11 Å². The molecule has 0 bridgehead atoms. The van der Waals surface area contributed by atoms with Gasteiger partial charge in [0.2, 0.25) is 0 Å². The van der Waals surface area contributed by atoms with E-state index >= 15 is 0 Å². The normalized spacial score (nSPS) is 21.8. The summed E-state index contributed by atoms with van der Waals surface area (Å²) in [6, 6.07) is 8.37. The number of rotatable bonds is 7. The molecule has 2 fully saturated rings. The maximum Gasteiger partial charge on any atom is 0.251 e. The number of hydrogen-bond donors (Lipinski definition) is 0. The Labute approximate surface area is 163 Å². The first-order chi connectivity index (χ1) is 13.2. The van der Waals surface area contributed by atoms with Crippen LogP contribution in [0.2, 0.25) is 0 Å². The lowest BCUT2D eigenvalue weighted by Crippen LogP contribution is -2.44. The quantitative estimate of drug-likeness (QED) is 0.736. The van der Waals surface area contributed by atoms with Crippen LogP contribution in [0.15, 0.2) is 24.3 Å². The van der Waals surface area contributed by atoms with Gasteiger partial charge in [-0.1, -0.05) is 12.1 Å². The van der Waals surface area contributed by atoms with Crippen molar-refractivity contribution >= 4 is 5.91 Å². The summed E-state index contributed by atoms with van der Waals surface area (Å²) in [5.41, 5.74) is 1.36. The molecule has 27 heavy (non-hydrogen) atoms. The van der Waals surface area contributed by atoms with Crippen molar-refractivity contribution in [2.24, 2.45) is 5.92 Å².